The first-order valence-electron chi connectivity index (χ1n) is 17.9. The second kappa shape index (κ2) is 22.9. The monoisotopic (exact) mass is 762 g/mol. The quantitative estimate of drug-likeness (QED) is 0.0629. The van der Waals surface area contributed by atoms with Gasteiger partial charge in [0.25, 0.3) is 0 Å². The summed E-state index contributed by atoms with van der Waals surface area (Å²) < 4.78 is 0. The number of hydrogen-bond acceptors (Lipinski definition) is 10. The third kappa shape index (κ3) is 16.7. The summed E-state index contributed by atoms with van der Waals surface area (Å²) in [6, 6.07) is -0.850. The number of carbonyl (C=O) groups is 8. The summed E-state index contributed by atoms with van der Waals surface area (Å²) >= 11 is 0. The van der Waals surface area contributed by atoms with E-state index in [1.807, 2.05) is 13.8 Å². The van der Waals surface area contributed by atoms with Gasteiger partial charge in [0.05, 0.1) is 12.6 Å². The number of nitrogens with one attached hydrogen (secondary N) is 7. The van der Waals surface area contributed by atoms with Gasteiger partial charge in [0, 0.05) is 6.42 Å². The smallest absolute Gasteiger partial charge is 0.325 e. The molecule has 0 aliphatic heterocycles. The molecule has 0 spiro atoms. The second-order valence-corrected chi connectivity index (χ2v) is 14.2. The Balaban J connectivity index is 3.15. The van der Waals surface area contributed by atoms with Gasteiger partial charge < -0.3 is 53.2 Å². The number of benzene rings is 1. The Morgan fingerprint density at radius 2 is 0.889 bits per heavy atom. The highest BCUT2D eigenvalue weighted by Gasteiger charge is 2.33. The highest BCUT2D eigenvalue weighted by Crippen LogP contribution is 2.09. The van der Waals surface area contributed by atoms with E-state index in [9.17, 15) is 43.5 Å². The van der Waals surface area contributed by atoms with Gasteiger partial charge in [0.15, 0.2) is 0 Å². The van der Waals surface area contributed by atoms with Gasteiger partial charge in [0.1, 0.15) is 42.3 Å². The van der Waals surface area contributed by atoms with Gasteiger partial charge in [-0.15, -0.1) is 0 Å². The number of carbonyl (C=O) groups excluding carboxylic acids is 7. The van der Waals surface area contributed by atoms with Gasteiger partial charge in [0.2, 0.25) is 41.4 Å². The average molecular weight is 763 g/mol. The van der Waals surface area contributed by atoms with Crippen LogP contribution in [0.3, 0.4) is 0 Å². The van der Waals surface area contributed by atoms with Gasteiger partial charge in [-0.25, -0.2) is 0 Å². The number of hydrogen-bond donors (Lipinski definition) is 10. The molecule has 0 aliphatic rings. The van der Waals surface area contributed by atoms with E-state index in [0.717, 1.165) is 0 Å². The molecule has 0 unspecified atom stereocenters. The fourth-order valence-corrected chi connectivity index (χ4v) is 4.96. The Labute approximate surface area is 315 Å². The maximum atomic E-state index is 13.6. The number of carboxylic acid groups (broad SMARTS) is 1. The summed E-state index contributed by atoms with van der Waals surface area (Å²) in [5, 5.41) is 36.5. The molecule has 8 atom stereocenters. The molecular formula is C36H58N8O10. The maximum absolute atomic E-state index is 13.6. The van der Waals surface area contributed by atoms with E-state index in [2.05, 4.69) is 37.2 Å². The summed E-state index contributed by atoms with van der Waals surface area (Å²) in [5.41, 5.74) is 6.28. The van der Waals surface area contributed by atoms with Crippen molar-refractivity contribution < 1.29 is 48.6 Å². The molecule has 1 aromatic rings. The van der Waals surface area contributed by atoms with Crippen LogP contribution >= 0.6 is 0 Å². The Kier molecular flexibility index (Phi) is 19.9. The Bertz CT molecular complexity index is 1460. The standard InChI is InChI=1S/C36H58N8O10/c1-18(2)14-25(41-29(46)20(5)37)32(49)39-22(7)31(48)42-27(16-24-12-10-9-11-13-24)34(51)44-28(17-45)35(52)43-26(15-19(3)4)33(50)38-21(6)30(47)40-23(8)36(53)54/h9-13,18-23,25-28,45H,14-17,37H2,1-8H3,(H,38,50)(H,39,49)(H,40,47)(H,41,46)(H,42,48)(H,43,52)(H,44,51)(H,53,54)/t20-,21-,22-,23-,25-,26-,27-,28-/m0/s1. The first-order valence-corrected chi connectivity index (χ1v) is 17.9. The number of amides is 7. The maximum Gasteiger partial charge on any atom is 0.325 e. The number of aliphatic hydroxyl groups is 1. The predicted molar refractivity (Wildman–Crippen MR) is 198 cm³/mol. The number of rotatable bonds is 22. The highest BCUT2D eigenvalue weighted by atomic mass is 16.4. The van der Waals surface area contributed by atoms with Crippen LogP contribution in [0.4, 0.5) is 0 Å². The third-order valence-electron chi connectivity index (χ3n) is 8.06. The molecule has 0 aliphatic carbocycles. The van der Waals surface area contributed by atoms with Crippen LogP contribution in [0, 0.1) is 11.8 Å². The van der Waals surface area contributed by atoms with Crippen molar-refractivity contribution >= 4 is 47.3 Å². The fourth-order valence-electron chi connectivity index (χ4n) is 4.96. The SMILES string of the molecule is CC(C)C[C@H](NC(=O)[C@H](C)N)C(=O)N[C@@H](C)C(=O)N[C@@H](Cc1ccccc1)C(=O)N[C@@H](CO)C(=O)N[C@@H](CC(C)C)C(=O)N[C@@H](C)C(=O)N[C@@H](C)C(=O)O. The van der Waals surface area contributed by atoms with Crippen LogP contribution in [0.5, 0.6) is 0 Å². The van der Waals surface area contributed by atoms with Crippen LogP contribution in [-0.4, -0.2) is 112 Å². The summed E-state index contributed by atoms with van der Waals surface area (Å²) in [4.78, 5) is 102. The summed E-state index contributed by atoms with van der Waals surface area (Å²) in [6.45, 7) is 11.8. The minimum absolute atomic E-state index is 0.00773. The van der Waals surface area contributed by atoms with Gasteiger partial charge in [-0.2, -0.15) is 0 Å². The molecule has 0 saturated heterocycles. The van der Waals surface area contributed by atoms with Crippen LogP contribution in [0.1, 0.15) is 73.8 Å². The summed E-state index contributed by atoms with van der Waals surface area (Å²) in [5.74, 6) is -6.64. The van der Waals surface area contributed by atoms with Crippen molar-refractivity contribution in [2.24, 2.45) is 17.6 Å². The zero-order valence-corrected chi connectivity index (χ0v) is 32.2. The lowest BCUT2D eigenvalue weighted by atomic mass is 10.0. The zero-order valence-electron chi connectivity index (χ0n) is 32.2. The summed E-state index contributed by atoms with van der Waals surface area (Å²) in [7, 11) is 0. The van der Waals surface area contributed by atoms with Gasteiger partial charge in [-0.05, 0) is 57.9 Å². The molecule has 302 valence electrons. The molecule has 0 bridgehead atoms. The van der Waals surface area contributed by atoms with Crippen LogP contribution < -0.4 is 43.0 Å². The molecule has 7 amide bonds. The van der Waals surface area contributed by atoms with E-state index < -0.39 is 102 Å². The molecule has 1 aromatic carbocycles. The van der Waals surface area contributed by atoms with Crippen LogP contribution in [0.15, 0.2) is 30.3 Å². The van der Waals surface area contributed by atoms with Crippen molar-refractivity contribution in [2.45, 2.75) is 123 Å². The van der Waals surface area contributed by atoms with Crippen molar-refractivity contribution in [3.05, 3.63) is 35.9 Å². The van der Waals surface area contributed by atoms with Gasteiger partial charge in [-0.1, -0.05) is 58.0 Å². The van der Waals surface area contributed by atoms with E-state index in [-0.39, 0.29) is 31.1 Å². The molecule has 18 nitrogen and oxygen atoms in total. The number of aliphatic hydroxyl groups excluding tert-OH is 1. The number of carboxylic acids is 1. The molecule has 18 heteroatoms. The van der Waals surface area contributed by atoms with Crippen LogP contribution in [0.25, 0.3) is 0 Å². The number of aliphatic carboxylic acids is 1. The lowest BCUT2D eigenvalue weighted by Gasteiger charge is -2.27. The summed E-state index contributed by atoms with van der Waals surface area (Å²) in [6.07, 6.45) is 0.327. The molecule has 0 saturated carbocycles. The molecule has 54 heavy (non-hydrogen) atoms. The largest absolute Gasteiger partial charge is 0.480 e. The Hall–Kier alpha value is -5.10. The lowest BCUT2D eigenvalue weighted by Crippen LogP contribution is -2.60. The molecular weight excluding hydrogens is 704 g/mol. The Morgan fingerprint density at radius 1 is 0.519 bits per heavy atom. The molecule has 11 N–H and O–H groups in total. The van der Waals surface area contributed by atoms with Crippen molar-refractivity contribution in [1.82, 2.24) is 37.2 Å². The molecule has 0 fully saturated rings. The Morgan fingerprint density at radius 3 is 1.31 bits per heavy atom. The highest BCUT2D eigenvalue weighted by molar-refractivity contribution is 5.97. The predicted octanol–water partition coefficient (Wildman–Crippen LogP) is -1.80. The van der Waals surface area contributed by atoms with Crippen molar-refractivity contribution in [2.75, 3.05) is 6.61 Å². The fraction of sp³-hybridized carbons (Fsp3) is 0.611. The van der Waals surface area contributed by atoms with Crippen molar-refractivity contribution in [1.29, 1.82) is 0 Å². The molecule has 0 heterocycles. The molecule has 1 rings (SSSR count). The first kappa shape index (κ1) is 46.9. The normalized spacial score (nSPS) is 15.6. The van der Waals surface area contributed by atoms with Gasteiger partial charge >= 0.3 is 5.97 Å². The van der Waals surface area contributed by atoms with Crippen molar-refractivity contribution in [3.8, 4) is 0 Å². The first-order chi connectivity index (χ1) is 25.2. The number of nitrogens with two attached hydrogens (primary N) is 1. The van der Waals surface area contributed by atoms with Crippen LogP contribution in [-0.2, 0) is 44.8 Å². The minimum atomic E-state index is -1.57. The average Bonchev–Trinajstić information content (AvgIpc) is 3.08. The topological polar surface area (TPSA) is 287 Å². The van der Waals surface area contributed by atoms with Gasteiger partial charge in [-0.3, -0.25) is 38.4 Å². The zero-order chi connectivity index (χ0) is 41.3. The molecule has 0 radical (unpaired) electrons. The second-order valence-electron chi connectivity index (χ2n) is 14.2. The van der Waals surface area contributed by atoms with Crippen LogP contribution in [0.2, 0.25) is 0 Å². The third-order valence-corrected chi connectivity index (χ3v) is 8.06. The van der Waals surface area contributed by atoms with E-state index in [1.165, 1.54) is 27.7 Å². The van der Waals surface area contributed by atoms with E-state index in [1.54, 1.807) is 44.2 Å². The minimum Gasteiger partial charge on any atom is -0.480 e. The molecule has 0 aromatic heterocycles. The van der Waals surface area contributed by atoms with E-state index in [4.69, 9.17) is 10.8 Å². The van der Waals surface area contributed by atoms with E-state index in [0.29, 0.717) is 5.56 Å². The van der Waals surface area contributed by atoms with Crippen molar-refractivity contribution in [3.63, 3.8) is 0 Å². The van der Waals surface area contributed by atoms with E-state index >= 15 is 0 Å². The lowest BCUT2D eigenvalue weighted by molar-refractivity contribution is -0.141.